The maximum atomic E-state index is 10.7. The van der Waals surface area contributed by atoms with Crippen molar-refractivity contribution in [3.63, 3.8) is 0 Å². The Hall–Kier alpha value is -1.83. The molecule has 5 heteroatoms. The number of imidazole rings is 1. The van der Waals surface area contributed by atoms with Crippen molar-refractivity contribution in [1.29, 1.82) is 5.26 Å². The van der Waals surface area contributed by atoms with Crippen molar-refractivity contribution in [3.8, 4) is 6.07 Å². The highest BCUT2D eigenvalue weighted by atomic mass is 16.4. The van der Waals surface area contributed by atoms with Gasteiger partial charge in [-0.2, -0.15) is 5.26 Å². The first-order chi connectivity index (χ1) is 6.72. The third-order valence-electron chi connectivity index (χ3n) is 2.51. The molecule has 72 valence electrons. The van der Waals surface area contributed by atoms with Gasteiger partial charge in [0, 0.05) is 6.42 Å². The van der Waals surface area contributed by atoms with Crippen LogP contribution in [0.3, 0.4) is 0 Å². The van der Waals surface area contributed by atoms with Crippen molar-refractivity contribution in [3.05, 3.63) is 17.7 Å². The van der Waals surface area contributed by atoms with Gasteiger partial charge in [0.1, 0.15) is 6.33 Å². The van der Waals surface area contributed by atoms with Crippen molar-refractivity contribution in [2.75, 3.05) is 0 Å². The fourth-order valence-electron chi connectivity index (χ4n) is 1.77. The minimum Gasteiger partial charge on any atom is -0.464 e. The Morgan fingerprint density at radius 3 is 3.21 bits per heavy atom. The fraction of sp³-hybridized carbons (Fsp3) is 0.444. The van der Waals surface area contributed by atoms with E-state index in [4.69, 9.17) is 10.4 Å². The first-order valence-electron chi connectivity index (χ1n) is 4.40. The minimum atomic E-state index is -1.01. The van der Waals surface area contributed by atoms with Gasteiger partial charge in [-0.25, -0.2) is 14.3 Å². The van der Waals surface area contributed by atoms with Crippen molar-refractivity contribution in [2.45, 2.75) is 19.3 Å². The molecule has 1 aliphatic rings. The van der Waals surface area contributed by atoms with Crippen LogP contribution in [-0.2, 0) is 12.8 Å². The molecule has 0 radical (unpaired) electrons. The van der Waals surface area contributed by atoms with Crippen LogP contribution in [0.1, 0.15) is 17.8 Å². The molecule has 5 nitrogen and oxygen atoms in total. The Morgan fingerprint density at radius 1 is 1.79 bits per heavy atom. The monoisotopic (exact) mass is 191 g/mol. The molecule has 1 aliphatic carbocycles. The van der Waals surface area contributed by atoms with Gasteiger partial charge in [-0.1, -0.05) is 0 Å². The SMILES string of the molecule is N#CC1CCc2c(ncn2C(=O)O)C1. The van der Waals surface area contributed by atoms with E-state index < -0.39 is 6.09 Å². The summed E-state index contributed by atoms with van der Waals surface area (Å²) in [5, 5.41) is 17.5. The Balaban J connectivity index is 2.35. The molecule has 1 aromatic rings. The van der Waals surface area contributed by atoms with Gasteiger partial charge < -0.3 is 5.11 Å². The number of carboxylic acid groups (broad SMARTS) is 1. The van der Waals surface area contributed by atoms with E-state index in [0.29, 0.717) is 12.8 Å². The van der Waals surface area contributed by atoms with Crippen LogP contribution in [-0.4, -0.2) is 20.8 Å². The Labute approximate surface area is 80.6 Å². The van der Waals surface area contributed by atoms with Gasteiger partial charge in [-0.15, -0.1) is 0 Å². The lowest BCUT2D eigenvalue weighted by Crippen LogP contribution is -2.18. The molecule has 0 saturated carbocycles. The Morgan fingerprint density at radius 2 is 2.57 bits per heavy atom. The van der Waals surface area contributed by atoms with Crippen LogP contribution in [0.15, 0.2) is 6.33 Å². The molecule has 1 atom stereocenters. The van der Waals surface area contributed by atoms with Crippen LogP contribution < -0.4 is 0 Å². The van der Waals surface area contributed by atoms with E-state index in [-0.39, 0.29) is 5.92 Å². The van der Waals surface area contributed by atoms with E-state index in [1.807, 2.05) is 0 Å². The van der Waals surface area contributed by atoms with Crippen LogP contribution in [0.5, 0.6) is 0 Å². The summed E-state index contributed by atoms with van der Waals surface area (Å²) in [6, 6.07) is 2.19. The predicted octanol–water partition coefficient (Wildman–Crippen LogP) is 1.04. The summed E-state index contributed by atoms with van der Waals surface area (Å²) >= 11 is 0. The summed E-state index contributed by atoms with van der Waals surface area (Å²) in [6.45, 7) is 0. The molecule has 0 fully saturated rings. The average Bonchev–Trinajstić information content (AvgIpc) is 2.59. The molecule has 0 amide bonds. The zero-order valence-corrected chi connectivity index (χ0v) is 7.47. The van der Waals surface area contributed by atoms with E-state index in [0.717, 1.165) is 22.4 Å². The normalized spacial score (nSPS) is 19.8. The molecule has 14 heavy (non-hydrogen) atoms. The van der Waals surface area contributed by atoms with E-state index in [9.17, 15) is 4.79 Å². The third-order valence-corrected chi connectivity index (χ3v) is 2.51. The van der Waals surface area contributed by atoms with Gasteiger partial charge in [0.15, 0.2) is 0 Å². The maximum Gasteiger partial charge on any atom is 0.417 e. The highest BCUT2D eigenvalue weighted by Crippen LogP contribution is 2.23. The van der Waals surface area contributed by atoms with E-state index in [1.165, 1.54) is 6.33 Å². The number of hydrogen-bond donors (Lipinski definition) is 1. The molecule has 1 N–H and O–H groups in total. The van der Waals surface area contributed by atoms with Crippen molar-refractivity contribution in [2.24, 2.45) is 5.92 Å². The second-order valence-corrected chi connectivity index (χ2v) is 3.36. The number of hydrogen-bond acceptors (Lipinski definition) is 3. The molecule has 0 aromatic carbocycles. The topological polar surface area (TPSA) is 78.9 Å². The van der Waals surface area contributed by atoms with Gasteiger partial charge >= 0.3 is 6.09 Å². The second kappa shape index (κ2) is 3.14. The van der Waals surface area contributed by atoms with Crippen LogP contribution in [0, 0.1) is 17.2 Å². The number of aromatic nitrogens is 2. The predicted molar refractivity (Wildman–Crippen MR) is 46.8 cm³/mol. The first-order valence-corrected chi connectivity index (χ1v) is 4.40. The summed E-state index contributed by atoms with van der Waals surface area (Å²) < 4.78 is 1.14. The van der Waals surface area contributed by atoms with Crippen molar-refractivity contribution < 1.29 is 9.90 Å². The molecular formula is C9H9N3O2. The van der Waals surface area contributed by atoms with E-state index in [2.05, 4.69) is 11.1 Å². The molecule has 1 heterocycles. The average molecular weight is 191 g/mol. The summed E-state index contributed by atoms with van der Waals surface area (Å²) in [5.74, 6) is -0.0142. The number of carbonyl (C=O) groups is 1. The highest BCUT2D eigenvalue weighted by Gasteiger charge is 2.24. The molecule has 0 aliphatic heterocycles. The molecule has 2 rings (SSSR count). The molecule has 1 unspecified atom stereocenters. The van der Waals surface area contributed by atoms with Crippen LogP contribution in [0.25, 0.3) is 0 Å². The molecule has 0 spiro atoms. The number of fused-ring (bicyclic) bond motifs is 1. The van der Waals surface area contributed by atoms with Crippen LogP contribution >= 0.6 is 0 Å². The van der Waals surface area contributed by atoms with Crippen molar-refractivity contribution in [1.82, 2.24) is 9.55 Å². The minimum absolute atomic E-state index is 0.0142. The molecule has 0 saturated heterocycles. The number of nitriles is 1. The lowest BCUT2D eigenvalue weighted by Gasteiger charge is -2.15. The number of rotatable bonds is 0. The maximum absolute atomic E-state index is 10.7. The molecule has 1 aromatic heterocycles. The van der Waals surface area contributed by atoms with Crippen LogP contribution in [0.2, 0.25) is 0 Å². The Kier molecular flexibility index (Phi) is 1.97. The van der Waals surface area contributed by atoms with Gasteiger partial charge in [0.05, 0.1) is 23.4 Å². The van der Waals surface area contributed by atoms with Crippen LogP contribution in [0.4, 0.5) is 4.79 Å². The van der Waals surface area contributed by atoms with Gasteiger partial charge in [-0.3, -0.25) is 0 Å². The van der Waals surface area contributed by atoms with E-state index >= 15 is 0 Å². The summed E-state index contributed by atoms with van der Waals surface area (Å²) in [7, 11) is 0. The van der Waals surface area contributed by atoms with Gasteiger partial charge in [-0.05, 0) is 12.8 Å². The smallest absolute Gasteiger partial charge is 0.417 e. The third kappa shape index (κ3) is 1.25. The summed E-state index contributed by atoms with van der Waals surface area (Å²) in [6.07, 6.45) is 2.23. The zero-order chi connectivity index (χ0) is 10.1. The lowest BCUT2D eigenvalue weighted by atomic mass is 9.91. The summed E-state index contributed by atoms with van der Waals surface area (Å²) in [4.78, 5) is 14.8. The lowest BCUT2D eigenvalue weighted by molar-refractivity contribution is 0.195. The van der Waals surface area contributed by atoms with Gasteiger partial charge in [0.25, 0.3) is 0 Å². The first kappa shape index (κ1) is 8.75. The summed E-state index contributed by atoms with van der Waals surface area (Å²) in [5.41, 5.74) is 1.49. The largest absolute Gasteiger partial charge is 0.464 e. The standard InChI is InChI=1S/C9H9N3O2/c10-4-6-1-2-8-7(3-6)11-5-12(8)9(13)14/h5-6H,1-3H2,(H,13,14). The molecule has 0 bridgehead atoms. The molecular weight excluding hydrogens is 182 g/mol. The second-order valence-electron chi connectivity index (χ2n) is 3.36. The zero-order valence-electron chi connectivity index (χ0n) is 7.47. The number of nitrogens with zero attached hydrogens (tertiary/aromatic N) is 3. The van der Waals surface area contributed by atoms with Crippen molar-refractivity contribution >= 4 is 6.09 Å². The fourth-order valence-corrected chi connectivity index (χ4v) is 1.77. The Bertz CT molecular complexity index is 416. The highest BCUT2D eigenvalue weighted by molar-refractivity contribution is 5.69. The quantitative estimate of drug-likeness (QED) is 0.664. The van der Waals surface area contributed by atoms with E-state index in [1.54, 1.807) is 0 Å². The van der Waals surface area contributed by atoms with Gasteiger partial charge in [0.2, 0.25) is 0 Å².